The van der Waals surface area contributed by atoms with E-state index in [1.807, 2.05) is 38.1 Å². The largest absolute Gasteiger partial charge is 0.480 e. The van der Waals surface area contributed by atoms with E-state index in [2.05, 4.69) is 10.6 Å². The highest BCUT2D eigenvalue weighted by Crippen LogP contribution is 2.23. The molecule has 2 rings (SSSR count). The predicted octanol–water partition coefficient (Wildman–Crippen LogP) is 3.33. The Morgan fingerprint density at radius 3 is 2.22 bits per heavy atom. The fraction of sp³-hybridized carbons (Fsp3) is 0.286. The number of nitrogens with one attached hydrogen (secondary N) is 2. The highest BCUT2D eigenvalue weighted by Gasteiger charge is 2.16. The number of carboxylic acid groups (broad SMARTS) is 1. The number of anilines is 1. The average molecular weight is 368 g/mol. The second-order valence-corrected chi connectivity index (χ2v) is 6.62. The van der Waals surface area contributed by atoms with Crippen LogP contribution in [0.1, 0.15) is 47.7 Å². The molecule has 27 heavy (non-hydrogen) atoms. The maximum absolute atomic E-state index is 12.3. The van der Waals surface area contributed by atoms with E-state index in [-0.39, 0.29) is 11.8 Å². The zero-order valence-electron chi connectivity index (χ0n) is 15.7. The molecule has 0 spiro atoms. The summed E-state index contributed by atoms with van der Waals surface area (Å²) >= 11 is 0. The van der Waals surface area contributed by atoms with Gasteiger partial charge in [0.2, 0.25) is 5.91 Å². The molecule has 0 aliphatic carbocycles. The highest BCUT2D eigenvalue weighted by molar-refractivity contribution is 5.97. The van der Waals surface area contributed by atoms with E-state index >= 15 is 0 Å². The number of aliphatic carboxylic acids is 1. The first-order chi connectivity index (χ1) is 12.8. The molecule has 142 valence electrons. The lowest BCUT2D eigenvalue weighted by molar-refractivity contribution is -0.138. The molecule has 0 fully saturated rings. The molecule has 2 amide bonds. The van der Waals surface area contributed by atoms with Gasteiger partial charge in [-0.25, -0.2) is 0 Å². The van der Waals surface area contributed by atoms with E-state index in [1.165, 1.54) is 6.92 Å². The molecule has 0 heterocycles. The van der Waals surface area contributed by atoms with Crippen LogP contribution in [0.3, 0.4) is 0 Å². The van der Waals surface area contributed by atoms with Crippen LogP contribution in [0.25, 0.3) is 0 Å². The molecule has 2 aromatic rings. The van der Waals surface area contributed by atoms with Gasteiger partial charge in [-0.15, -0.1) is 0 Å². The minimum Gasteiger partial charge on any atom is -0.480 e. The standard InChI is InChI=1S/C21H24N2O4/c1-13-6-4-5-7-18(13)14(2)12-19(24)23-17-10-8-16(9-11-17)20(25)22-15(3)21(26)27/h4-11,14-15H,12H2,1-3H3,(H,22,25)(H,23,24)(H,26,27). The molecule has 3 N–H and O–H groups in total. The van der Waals surface area contributed by atoms with Crippen LogP contribution >= 0.6 is 0 Å². The van der Waals surface area contributed by atoms with Gasteiger partial charge < -0.3 is 15.7 Å². The molecule has 0 saturated carbocycles. The van der Waals surface area contributed by atoms with Crippen LogP contribution in [0.15, 0.2) is 48.5 Å². The normalized spacial score (nSPS) is 12.7. The number of aryl methyl sites for hydroxylation is 1. The molecule has 2 unspecified atom stereocenters. The van der Waals surface area contributed by atoms with Crippen molar-refractivity contribution in [2.24, 2.45) is 0 Å². The van der Waals surface area contributed by atoms with Gasteiger partial charge in [0.25, 0.3) is 5.91 Å². The zero-order valence-corrected chi connectivity index (χ0v) is 15.7. The highest BCUT2D eigenvalue weighted by atomic mass is 16.4. The molecule has 0 saturated heterocycles. The summed E-state index contributed by atoms with van der Waals surface area (Å²) in [5.41, 5.74) is 3.21. The molecule has 0 aromatic heterocycles. The molecule has 2 atom stereocenters. The predicted molar refractivity (Wildman–Crippen MR) is 104 cm³/mol. The number of carbonyl (C=O) groups is 3. The average Bonchev–Trinajstić information content (AvgIpc) is 2.62. The molecule has 6 heteroatoms. The van der Waals surface area contributed by atoms with Crippen LogP contribution in [0, 0.1) is 6.92 Å². The summed E-state index contributed by atoms with van der Waals surface area (Å²) < 4.78 is 0. The molecular formula is C21H24N2O4. The molecule has 2 aromatic carbocycles. The molecule has 0 aliphatic heterocycles. The van der Waals surface area contributed by atoms with Crippen LogP contribution < -0.4 is 10.6 Å². The minimum atomic E-state index is -1.10. The molecule has 0 bridgehead atoms. The van der Waals surface area contributed by atoms with Crippen LogP contribution in [0.5, 0.6) is 0 Å². The number of hydrogen-bond donors (Lipinski definition) is 3. The van der Waals surface area contributed by atoms with Gasteiger partial charge >= 0.3 is 5.97 Å². The SMILES string of the molecule is Cc1ccccc1C(C)CC(=O)Nc1ccc(C(=O)NC(C)C(=O)O)cc1. The maximum atomic E-state index is 12.3. The van der Waals surface area contributed by atoms with Gasteiger partial charge in [0.1, 0.15) is 6.04 Å². The first-order valence-corrected chi connectivity index (χ1v) is 8.77. The van der Waals surface area contributed by atoms with Gasteiger partial charge in [0.05, 0.1) is 0 Å². The van der Waals surface area contributed by atoms with Crippen molar-refractivity contribution in [3.63, 3.8) is 0 Å². The number of amides is 2. The number of rotatable bonds is 7. The van der Waals surface area contributed by atoms with Crippen LogP contribution in [0.2, 0.25) is 0 Å². The molecule has 0 radical (unpaired) electrons. The lowest BCUT2D eigenvalue weighted by Crippen LogP contribution is -2.38. The fourth-order valence-electron chi connectivity index (χ4n) is 2.79. The first-order valence-electron chi connectivity index (χ1n) is 8.77. The Bertz CT molecular complexity index is 830. The summed E-state index contributed by atoms with van der Waals surface area (Å²) in [6.45, 7) is 5.43. The van der Waals surface area contributed by atoms with E-state index in [4.69, 9.17) is 5.11 Å². The van der Waals surface area contributed by atoms with E-state index < -0.39 is 17.9 Å². The smallest absolute Gasteiger partial charge is 0.325 e. The zero-order chi connectivity index (χ0) is 20.0. The van der Waals surface area contributed by atoms with E-state index in [1.54, 1.807) is 24.3 Å². The first kappa shape index (κ1) is 20.2. The van der Waals surface area contributed by atoms with Crippen molar-refractivity contribution < 1.29 is 19.5 Å². The number of benzene rings is 2. The van der Waals surface area contributed by atoms with Gasteiger partial charge in [-0.3, -0.25) is 14.4 Å². The Morgan fingerprint density at radius 1 is 1.00 bits per heavy atom. The van der Waals surface area contributed by atoms with Gasteiger partial charge in [-0.05, 0) is 55.2 Å². The quantitative estimate of drug-likeness (QED) is 0.698. The molecule has 0 aliphatic rings. The summed E-state index contributed by atoms with van der Waals surface area (Å²) in [6.07, 6.45) is 0.350. The fourth-order valence-corrected chi connectivity index (χ4v) is 2.79. The Labute approximate surface area is 158 Å². The van der Waals surface area contributed by atoms with Gasteiger partial charge in [0, 0.05) is 17.7 Å². The van der Waals surface area contributed by atoms with Crippen molar-refractivity contribution in [3.05, 3.63) is 65.2 Å². The summed E-state index contributed by atoms with van der Waals surface area (Å²) in [7, 11) is 0. The van der Waals surface area contributed by atoms with Crippen molar-refractivity contribution in [2.45, 2.75) is 39.2 Å². The topological polar surface area (TPSA) is 95.5 Å². The van der Waals surface area contributed by atoms with E-state index in [0.29, 0.717) is 17.7 Å². The van der Waals surface area contributed by atoms with Gasteiger partial charge in [-0.2, -0.15) is 0 Å². The second-order valence-electron chi connectivity index (χ2n) is 6.62. The second kappa shape index (κ2) is 8.98. The third-order valence-electron chi connectivity index (χ3n) is 4.36. The van der Waals surface area contributed by atoms with Crippen LogP contribution in [0.4, 0.5) is 5.69 Å². The van der Waals surface area contributed by atoms with E-state index in [0.717, 1.165) is 11.1 Å². The van der Waals surface area contributed by atoms with Crippen LogP contribution in [-0.2, 0) is 9.59 Å². The Hall–Kier alpha value is -3.15. The Balaban J connectivity index is 1.94. The lowest BCUT2D eigenvalue weighted by Gasteiger charge is -2.14. The molecular weight excluding hydrogens is 344 g/mol. The summed E-state index contributed by atoms with van der Waals surface area (Å²) in [6, 6.07) is 13.4. The monoisotopic (exact) mass is 368 g/mol. The van der Waals surface area contributed by atoms with Crippen molar-refractivity contribution in [1.82, 2.24) is 5.32 Å². The van der Waals surface area contributed by atoms with Crippen molar-refractivity contribution in [2.75, 3.05) is 5.32 Å². The molecule has 6 nitrogen and oxygen atoms in total. The minimum absolute atomic E-state index is 0.0914. The van der Waals surface area contributed by atoms with Gasteiger partial charge in [-0.1, -0.05) is 31.2 Å². The van der Waals surface area contributed by atoms with Crippen molar-refractivity contribution in [3.8, 4) is 0 Å². The Kier molecular flexibility index (Phi) is 6.71. The van der Waals surface area contributed by atoms with Crippen molar-refractivity contribution in [1.29, 1.82) is 0 Å². The lowest BCUT2D eigenvalue weighted by atomic mass is 9.93. The number of hydrogen-bond acceptors (Lipinski definition) is 3. The number of carbonyl (C=O) groups excluding carboxylic acids is 2. The maximum Gasteiger partial charge on any atom is 0.325 e. The van der Waals surface area contributed by atoms with Crippen LogP contribution in [-0.4, -0.2) is 28.9 Å². The summed E-state index contributed by atoms with van der Waals surface area (Å²) in [5, 5.41) is 14.0. The summed E-state index contributed by atoms with van der Waals surface area (Å²) in [4.78, 5) is 35.0. The Morgan fingerprint density at radius 2 is 1.63 bits per heavy atom. The third kappa shape index (κ3) is 5.67. The van der Waals surface area contributed by atoms with Gasteiger partial charge in [0.15, 0.2) is 0 Å². The van der Waals surface area contributed by atoms with Crippen molar-refractivity contribution >= 4 is 23.5 Å². The van der Waals surface area contributed by atoms with E-state index in [9.17, 15) is 14.4 Å². The summed E-state index contributed by atoms with van der Waals surface area (Å²) in [5.74, 6) is -1.60. The number of carboxylic acids is 1. The third-order valence-corrected chi connectivity index (χ3v) is 4.36.